The number of nitrogens with zero attached hydrogens (tertiary/aromatic N) is 6. The average molecular weight is 692 g/mol. The van der Waals surface area contributed by atoms with Gasteiger partial charge in [0.25, 0.3) is 9.84 Å². The van der Waals surface area contributed by atoms with E-state index in [-0.39, 0.29) is 46.2 Å². The summed E-state index contributed by atoms with van der Waals surface area (Å²) >= 11 is 1.06. The second-order valence-corrected chi connectivity index (χ2v) is 13.0. The van der Waals surface area contributed by atoms with Crippen LogP contribution in [0.1, 0.15) is 5.56 Å². The molecule has 1 N–H and O–H groups in total. The predicted molar refractivity (Wildman–Crippen MR) is 168 cm³/mol. The summed E-state index contributed by atoms with van der Waals surface area (Å²) in [5, 5.41) is 6.66. The van der Waals surface area contributed by atoms with Crippen molar-refractivity contribution >= 4 is 55.8 Å². The SMILES string of the molecule is COCc1ccc(N(C)C)cc1N1C(=O)CS/C1=N\C(=O)Nc1ccc(-c2ncn(-c3ccc(S(=O)(=O)C(F)(F)F)cc3)n2)cc1F. The molecule has 4 aromatic rings. The number of carbonyl (C=O) groups is 2. The Balaban J connectivity index is 1.33. The molecule has 1 aliphatic rings. The molecule has 0 aliphatic carbocycles. The predicted octanol–water partition coefficient (Wildman–Crippen LogP) is 5.25. The third-order valence-corrected chi connectivity index (χ3v) is 9.19. The number of amidine groups is 1. The van der Waals surface area contributed by atoms with Crippen molar-refractivity contribution in [1.82, 2.24) is 14.8 Å². The van der Waals surface area contributed by atoms with Crippen molar-refractivity contribution in [3.8, 4) is 17.1 Å². The van der Waals surface area contributed by atoms with Crippen LogP contribution in [0.15, 0.2) is 76.9 Å². The zero-order valence-corrected chi connectivity index (χ0v) is 26.5. The van der Waals surface area contributed by atoms with Crippen molar-refractivity contribution in [2.75, 3.05) is 42.1 Å². The van der Waals surface area contributed by atoms with Crippen LogP contribution in [-0.2, 0) is 26.0 Å². The molecule has 18 heteroatoms. The maximum absolute atomic E-state index is 15.1. The van der Waals surface area contributed by atoms with Gasteiger partial charge in [-0.05, 0) is 54.6 Å². The van der Waals surface area contributed by atoms with E-state index in [1.807, 2.05) is 31.1 Å². The number of hydrogen-bond acceptors (Lipinski definition) is 9. The lowest BCUT2D eigenvalue weighted by Gasteiger charge is -2.22. The number of methoxy groups -OCH3 is 1. The van der Waals surface area contributed by atoms with Gasteiger partial charge in [0.05, 0.1) is 34.3 Å². The van der Waals surface area contributed by atoms with Crippen LogP contribution in [0.25, 0.3) is 17.1 Å². The fourth-order valence-corrected chi connectivity index (χ4v) is 6.03. The zero-order chi connectivity index (χ0) is 34.1. The van der Waals surface area contributed by atoms with Gasteiger partial charge in [0.1, 0.15) is 12.1 Å². The standard InChI is InChI=1S/C29H25F4N7O5S2/c1-38(2)20-6-4-18(14-45-3)24(13-20)40-25(41)15-46-28(40)36-27(42)35-23-11-5-17(12-22(23)30)26-34-16-39(37-26)19-7-9-21(10-8-19)47(43,44)29(31,32)33/h4-13,16H,14-15H2,1-3H3,(H,35,42)/b36-28-. The summed E-state index contributed by atoms with van der Waals surface area (Å²) in [5.41, 5.74) is -3.23. The molecular weight excluding hydrogens is 666 g/mol. The summed E-state index contributed by atoms with van der Waals surface area (Å²) in [6.45, 7) is 0.209. The van der Waals surface area contributed by atoms with Gasteiger partial charge in [0.15, 0.2) is 11.0 Å². The summed E-state index contributed by atoms with van der Waals surface area (Å²) in [6, 6.07) is 12.1. The largest absolute Gasteiger partial charge is 0.501 e. The maximum atomic E-state index is 15.1. The summed E-state index contributed by atoms with van der Waals surface area (Å²) in [5.74, 6) is -1.05. The minimum atomic E-state index is -5.51. The second-order valence-electron chi connectivity index (χ2n) is 10.1. The minimum Gasteiger partial charge on any atom is -0.380 e. The molecule has 0 saturated carbocycles. The number of thioether (sulfide) groups is 1. The molecule has 12 nitrogen and oxygen atoms in total. The Bertz CT molecular complexity index is 1980. The quantitative estimate of drug-likeness (QED) is 0.246. The topological polar surface area (TPSA) is 139 Å². The highest BCUT2D eigenvalue weighted by Crippen LogP contribution is 2.34. The third kappa shape index (κ3) is 6.98. The first-order valence-electron chi connectivity index (χ1n) is 13.5. The smallest absolute Gasteiger partial charge is 0.380 e. The van der Waals surface area contributed by atoms with Crippen LogP contribution >= 0.6 is 11.8 Å². The molecule has 1 aromatic heterocycles. The Kier molecular flexibility index (Phi) is 9.37. The highest BCUT2D eigenvalue weighted by Gasteiger charge is 2.46. The molecule has 0 bridgehead atoms. The highest BCUT2D eigenvalue weighted by atomic mass is 32.2. The Hall–Kier alpha value is -4.81. The number of ether oxygens (including phenoxy) is 1. The summed E-state index contributed by atoms with van der Waals surface area (Å²) in [6.07, 6.45) is 1.21. The molecule has 1 aliphatic heterocycles. The normalized spacial score (nSPS) is 14.6. The van der Waals surface area contributed by atoms with E-state index in [1.165, 1.54) is 35.2 Å². The number of anilines is 3. The number of benzene rings is 3. The minimum absolute atomic E-state index is 0.0392. The Labute approximate surface area is 270 Å². The van der Waals surface area contributed by atoms with Gasteiger partial charge in [0.2, 0.25) is 5.91 Å². The Morgan fingerprint density at radius 1 is 1.11 bits per heavy atom. The van der Waals surface area contributed by atoms with Crippen molar-refractivity contribution < 1.29 is 40.3 Å². The molecular formula is C29H25F4N7O5S2. The lowest BCUT2D eigenvalue weighted by Crippen LogP contribution is -2.31. The van der Waals surface area contributed by atoms with E-state index in [0.717, 1.165) is 47.8 Å². The van der Waals surface area contributed by atoms with Crippen LogP contribution in [0.3, 0.4) is 0 Å². The molecule has 246 valence electrons. The molecule has 0 unspecified atom stereocenters. The van der Waals surface area contributed by atoms with Crippen molar-refractivity contribution in [2.24, 2.45) is 4.99 Å². The summed E-state index contributed by atoms with van der Waals surface area (Å²) < 4.78 is 83.2. The summed E-state index contributed by atoms with van der Waals surface area (Å²) in [4.78, 5) is 36.1. The second kappa shape index (κ2) is 13.1. The monoisotopic (exact) mass is 691 g/mol. The first-order valence-corrected chi connectivity index (χ1v) is 15.9. The number of halogens is 4. The number of alkyl halides is 3. The van der Waals surface area contributed by atoms with Crippen LogP contribution in [-0.4, -0.2) is 72.8 Å². The van der Waals surface area contributed by atoms with Crippen LogP contribution in [0.2, 0.25) is 0 Å². The molecule has 5 rings (SSSR count). The third-order valence-electron chi connectivity index (χ3n) is 6.77. The average Bonchev–Trinajstić information content (AvgIpc) is 3.65. The van der Waals surface area contributed by atoms with Gasteiger partial charge >= 0.3 is 11.5 Å². The zero-order valence-electron chi connectivity index (χ0n) is 24.8. The number of carbonyl (C=O) groups excluding carboxylic acids is 2. The van der Waals surface area contributed by atoms with E-state index < -0.39 is 32.1 Å². The van der Waals surface area contributed by atoms with E-state index in [2.05, 4.69) is 20.4 Å². The van der Waals surface area contributed by atoms with Crippen LogP contribution in [0.4, 0.5) is 39.4 Å². The van der Waals surface area contributed by atoms with Crippen molar-refractivity contribution in [3.05, 3.63) is 78.4 Å². The molecule has 1 saturated heterocycles. The number of nitrogens with one attached hydrogen (secondary N) is 1. The van der Waals surface area contributed by atoms with Gasteiger partial charge in [-0.15, -0.1) is 5.10 Å². The van der Waals surface area contributed by atoms with Gasteiger partial charge < -0.3 is 15.0 Å². The molecule has 47 heavy (non-hydrogen) atoms. The number of rotatable bonds is 8. The molecule has 0 atom stereocenters. The lowest BCUT2D eigenvalue weighted by molar-refractivity contribution is -0.115. The van der Waals surface area contributed by atoms with Gasteiger partial charge in [-0.25, -0.2) is 27.3 Å². The van der Waals surface area contributed by atoms with E-state index in [1.54, 1.807) is 6.07 Å². The number of hydrogen-bond donors (Lipinski definition) is 1. The molecule has 0 spiro atoms. The first kappa shape index (κ1) is 33.6. The Morgan fingerprint density at radius 3 is 2.47 bits per heavy atom. The molecule has 3 aromatic carbocycles. The number of aromatic nitrogens is 3. The summed E-state index contributed by atoms with van der Waals surface area (Å²) in [7, 11) is -0.301. The fraction of sp³-hybridized carbons (Fsp3) is 0.207. The number of urea groups is 1. The van der Waals surface area contributed by atoms with E-state index in [4.69, 9.17) is 4.74 Å². The van der Waals surface area contributed by atoms with E-state index in [0.29, 0.717) is 11.3 Å². The molecule has 3 amide bonds. The van der Waals surface area contributed by atoms with Gasteiger partial charge in [-0.3, -0.25) is 9.69 Å². The number of aliphatic imine (C=N–C) groups is 1. The number of amides is 3. The molecule has 2 heterocycles. The van der Waals surface area contributed by atoms with Crippen molar-refractivity contribution in [1.29, 1.82) is 0 Å². The lowest BCUT2D eigenvalue weighted by atomic mass is 10.1. The van der Waals surface area contributed by atoms with Crippen LogP contribution < -0.4 is 15.1 Å². The Morgan fingerprint density at radius 2 is 1.83 bits per heavy atom. The van der Waals surface area contributed by atoms with Gasteiger partial charge in [-0.2, -0.15) is 18.2 Å². The van der Waals surface area contributed by atoms with Crippen LogP contribution in [0.5, 0.6) is 0 Å². The van der Waals surface area contributed by atoms with Crippen molar-refractivity contribution in [2.45, 2.75) is 17.0 Å². The fourth-order valence-electron chi connectivity index (χ4n) is 4.41. The van der Waals surface area contributed by atoms with E-state index >= 15 is 4.39 Å². The van der Waals surface area contributed by atoms with E-state index in [9.17, 15) is 31.2 Å². The first-order chi connectivity index (χ1) is 22.2. The van der Waals surface area contributed by atoms with Gasteiger partial charge in [0, 0.05) is 38.0 Å². The van der Waals surface area contributed by atoms with Crippen molar-refractivity contribution in [3.63, 3.8) is 0 Å². The van der Waals surface area contributed by atoms with Crippen LogP contribution in [0, 0.1) is 5.82 Å². The number of sulfone groups is 1. The van der Waals surface area contributed by atoms with Gasteiger partial charge in [-0.1, -0.05) is 17.8 Å². The highest BCUT2D eigenvalue weighted by molar-refractivity contribution is 8.15. The molecule has 1 fully saturated rings. The molecule has 0 radical (unpaired) electrons. The maximum Gasteiger partial charge on any atom is 0.501 e.